The van der Waals surface area contributed by atoms with Crippen molar-refractivity contribution in [2.45, 2.75) is 33.2 Å². The van der Waals surface area contributed by atoms with E-state index in [0.29, 0.717) is 5.69 Å². The number of aromatic nitrogens is 2. The van der Waals surface area contributed by atoms with Crippen molar-refractivity contribution in [3.63, 3.8) is 0 Å². The van der Waals surface area contributed by atoms with Crippen LogP contribution in [-0.2, 0) is 5.54 Å². The highest BCUT2D eigenvalue weighted by Crippen LogP contribution is 2.15. The molecule has 0 atom stereocenters. The molecule has 0 unspecified atom stereocenters. The van der Waals surface area contributed by atoms with E-state index in [9.17, 15) is 4.79 Å². The molecule has 66 valence electrons. The Labute approximate surface area is 72.4 Å². The molecule has 3 nitrogen and oxygen atoms in total. The third kappa shape index (κ3) is 1.55. The lowest BCUT2D eigenvalue weighted by molar-refractivity contribution is 0.111. The monoisotopic (exact) mass is 166 g/mol. The summed E-state index contributed by atoms with van der Waals surface area (Å²) in [4.78, 5) is 10.4. The van der Waals surface area contributed by atoms with Crippen LogP contribution in [0.2, 0.25) is 0 Å². The summed E-state index contributed by atoms with van der Waals surface area (Å²) in [5.74, 6) is 0. The molecule has 0 fully saturated rings. The summed E-state index contributed by atoms with van der Waals surface area (Å²) in [5.41, 5.74) is 1.47. The molecule has 0 saturated heterocycles. The van der Waals surface area contributed by atoms with E-state index in [4.69, 9.17) is 0 Å². The number of rotatable bonds is 1. The van der Waals surface area contributed by atoms with E-state index in [0.717, 1.165) is 12.0 Å². The zero-order chi connectivity index (χ0) is 9.35. The molecule has 1 aromatic rings. The third-order valence-corrected chi connectivity index (χ3v) is 1.66. The van der Waals surface area contributed by atoms with E-state index in [2.05, 4.69) is 25.9 Å². The van der Waals surface area contributed by atoms with Crippen molar-refractivity contribution in [1.82, 2.24) is 9.78 Å². The molecule has 1 aromatic heterocycles. The number of aldehydes is 1. The van der Waals surface area contributed by atoms with Crippen LogP contribution in [0.3, 0.4) is 0 Å². The average molecular weight is 166 g/mol. The zero-order valence-corrected chi connectivity index (χ0v) is 7.96. The van der Waals surface area contributed by atoms with Crippen LogP contribution in [0.15, 0.2) is 6.07 Å². The van der Waals surface area contributed by atoms with Gasteiger partial charge < -0.3 is 0 Å². The van der Waals surface area contributed by atoms with Crippen LogP contribution >= 0.6 is 0 Å². The molecule has 0 aliphatic heterocycles. The molecular weight excluding hydrogens is 152 g/mol. The van der Waals surface area contributed by atoms with E-state index in [1.54, 1.807) is 6.07 Å². The van der Waals surface area contributed by atoms with Crippen molar-refractivity contribution in [3.8, 4) is 0 Å². The van der Waals surface area contributed by atoms with Crippen molar-refractivity contribution >= 4 is 6.29 Å². The normalized spacial score (nSPS) is 11.7. The Morgan fingerprint density at radius 2 is 2.08 bits per heavy atom. The van der Waals surface area contributed by atoms with Gasteiger partial charge >= 0.3 is 0 Å². The minimum Gasteiger partial charge on any atom is -0.296 e. The van der Waals surface area contributed by atoms with Crippen molar-refractivity contribution in [2.75, 3.05) is 0 Å². The Morgan fingerprint density at radius 3 is 2.33 bits per heavy atom. The lowest BCUT2D eigenvalue weighted by atomic mass is 10.1. The molecule has 0 aromatic carbocycles. The molecule has 0 spiro atoms. The average Bonchev–Trinajstić information content (AvgIpc) is 2.29. The molecule has 0 bridgehead atoms. The second kappa shape index (κ2) is 2.73. The molecule has 0 aliphatic rings. The van der Waals surface area contributed by atoms with Gasteiger partial charge in [0.25, 0.3) is 0 Å². The highest BCUT2D eigenvalue weighted by atomic mass is 16.1. The molecule has 0 saturated carbocycles. The van der Waals surface area contributed by atoms with Crippen molar-refractivity contribution in [3.05, 3.63) is 17.5 Å². The fourth-order valence-corrected chi connectivity index (χ4v) is 1.24. The lowest BCUT2D eigenvalue weighted by Gasteiger charge is -2.20. The predicted molar refractivity (Wildman–Crippen MR) is 47.3 cm³/mol. The predicted octanol–water partition coefficient (Wildman–Crippen LogP) is 1.76. The number of carbonyl (C=O) groups excluding carboxylic acids is 1. The van der Waals surface area contributed by atoms with Gasteiger partial charge in [0.2, 0.25) is 0 Å². The van der Waals surface area contributed by atoms with Crippen LogP contribution in [0.4, 0.5) is 0 Å². The first-order chi connectivity index (χ1) is 5.45. The second-order valence-corrected chi connectivity index (χ2v) is 3.91. The molecule has 1 heterocycles. The van der Waals surface area contributed by atoms with Gasteiger partial charge in [-0.1, -0.05) is 0 Å². The molecule has 0 N–H and O–H groups in total. The SMILES string of the molecule is Cc1cc(C=O)nn1C(C)(C)C. The molecule has 12 heavy (non-hydrogen) atoms. The van der Waals surface area contributed by atoms with Crippen LogP contribution in [0.25, 0.3) is 0 Å². The van der Waals surface area contributed by atoms with Gasteiger partial charge in [-0.3, -0.25) is 9.48 Å². The Morgan fingerprint density at radius 1 is 1.50 bits per heavy atom. The van der Waals surface area contributed by atoms with Gasteiger partial charge in [-0.25, -0.2) is 0 Å². The maximum Gasteiger partial charge on any atom is 0.170 e. The smallest absolute Gasteiger partial charge is 0.170 e. The Balaban J connectivity index is 3.16. The standard InChI is InChI=1S/C9H14N2O/c1-7-5-8(6-12)10-11(7)9(2,3)4/h5-6H,1-4H3. The molecular formula is C9H14N2O. The number of hydrogen-bond donors (Lipinski definition) is 0. The number of aryl methyl sites for hydroxylation is 1. The van der Waals surface area contributed by atoms with Gasteiger partial charge in [-0.15, -0.1) is 0 Å². The summed E-state index contributed by atoms with van der Waals surface area (Å²) in [6, 6.07) is 1.79. The van der Waals surface area contributed by atoms with Gasteiger partial charge in [0.1, 0.15) is 5.69 Å². The van der Waals surface area contributed by atoms with Gasteiger partial charge in [0, 0.05) is 5.69 Å². The van der Waals surface area contributed by atoms with E-state index in [1.165, 1.54) is 0 Å². The minimum atomic E-state index is -0.0503. The van der Waals surface area contributed by atoms with Crippen LogP contribution in [0.5, 0.6) is 0 Å². The van der Waals surface area contributed by atoms with Crippen LogP contribution < -0.4 is 0 Å². The van der Waals surface area contributed by atoms with Gasteiger partial charge in [0.05, 0.1) is 5.54 Å². The van der Waals surface area contributed by atoms with Crippen molar-refractivity contribution in [1.29, 1.82) is 0 Å². The van der Waals surface area contributed by atoms with Crippen LogP contribution in [0.1, 0.15) is 37.0 Å². The summed E-state index contributed by atoms with van der Waals surface area (Å²) in [6.07, 6.45) is 0.773. The highest BCUT2D eigenvalue weighted by Gasteiger charge is 2.16. The second-order valence-electron chi connectivity index (χ2n) is 3.91. The third-order valence-electron chi connectivity index (χ3n) is 1.66. The number of hydrogen-bond acceptors (Lipinski definition) is 2. The molecule has 3 heteroatoms. The van der Waals surface area contributed by atoms with Gasteiger partial charge in [-0.2, -0.15) is 5.10 Å². The van der Waals surface area contributed by atoms with Crippen LogP contribution in [0, 0.1) is 6.92 Å². The highest BCUT2D eigenvalue weighted by molar-refractivity contribution is 5.71. The lowest BCUT2D eigenvalue weighted by Crippen LogP contribution is -2.24. The minimum absolute atomic E-state index is 0.0503. The molecule has 0 aliphatic carbocycles. The first-order valence-electron chi connectivity index (χ1n) is 3.97. The van der Waals surface area contributed by atoms with Crippen molar-refractivity contribution in [2.24, 2.45) is 0 Å². The summed E-state index contributed by atoms with van der Waals surface area (Å²) in [7, 11) is 0. The maximum absolute atomic E-state index is 10.4. The van der Waals surface area contributed by atoms with Crippen molar-refractivity contribution < 1.29 is 4.79 Å². The Hall–Kier alpha value is -1.12. The topological polar surface area (TPSA) is 34.9 Å². The molecule has 0 amide bonds. The van der Waals surface area contributed by atoms with E-state index in [-0.39, 0.29) is 5.54 Å². The van der Waals surface area contributed by atoms with Gasteiger partial charge in [-0.05, 0) is 33.8 Å². The molecule has 0 radical (unpaired) electrons. The first kappa shape index (κ1) is 8.97. The Bertz CT molecular complexity index is 294. The quantitative estimate of drug-likeness (QED) is 0.596. The fourth-order valence-electron chi connectivity index (χ4n) is 1.24. The fraction of sp³-hybridized carbons (Fsp3) is 0.556. The number of carbonyl (C=O) groups is 1. The van der Waals surface area contributed by atoms with E-state index in [1.807, 2.05) is 11.6 Å². The van der Waals surface area contributed by atoms with E-state index >= 15 is 0 Å². The number of nitrogens with zero attached hydrogens (tertiary/aromatic N) is 2. The summed E-state index contributed by atoms with van der Waals surface area (Å²) < 4.78 is 1.86. The van der Waals surface area contributed by atoms with E-state index < -0.39 is 0 Å². The maximum atomic E-state index is 10.4. The zero-order valence-electron chi connectivity index (χ0n) is 7.96. The summed E-state index contributed by atoms with van der Waals surface area (Å²) >= 11 is 0. The Kier molecular flexibility index (Phi) is 2.04. The summed E-state index contributed by atoms with van der Waals surface area (Å²) in [5, 5.41) is 4.15. The van der Waals surface area contributed by atoms with Crippen LogP contribution in [-0.4, -0.2) is 16.1 Å². The van der Waals surface area contributed by atoms with Gasteiger partial charge in [0.15, 0.2) is 6.29 Å². The summed E-state index contributed by atoms with van der Waals surface area (Å²) in [6.45, 7) is 8.12. The largest absolute Gasteiger partial charge is 0.296 e. The molecule has 1 rings (SSSR count). The first-order valence-corrected chi connectivity index (χ1v) is 3.97.